The van der Waals surface area contributed by atoms with E-state index in [1.54, 1.807) is 4.90 Å². The molecule has 0 fully saturated rings. The minimum Gasteiger partial charge on any atom is -0.484 e. The van der Waals surface area contributed by atoms with Crippen LogP contribution in [-0.2, 0) is 29.0 Å². The Morgan fingerprint density at radius 2 is 1.46 bits per heavy atom. The summed E-state index contributed by atoms with van der Waals surface area (Å²) in [6, 6.07) is 26.7. The summed E-state index contributed by atoms with van der Waals surface area (Å²) in [5.41, 5.74) is 3.18. The molecular formula is C30H36N2O3. The van der Waals surface area contributed by atoms with Gasteiger partial charge >= 0.3 is 0 Å². The van der Waals surface area contributed by atoms with E-state index in [1.807, 2.05) is 84.9 Å². The van der Waals surface area contributed by atoms with Crippen molar-refractivity contribution in [2.45, 2.75) is 52.1 Å². The van der Waals surface area contributed by atoms with Crippen LogP contribution in [0.25, 0.3) is 0 Å². The van der Waals surface area contributed by atoms with E-state index in [2.05, 4.69) is 19.2 Å². The van der Waals surface area contributed by atoms with Crippen molar-refractivity contribution in [1.82, 2.24) is 10.2 Å². The molecule has 0 radical (unpaired) electrons. The number of amides is 2. The number of hydrogen-bond acceptors (Lipinski definition) is 3. The molecule has 3 rings (SSSR count). The maximum absolute atomic E-state index is 13.5. The van der Waals surface area contributed by atoms with Gasteiger partial charge in [-0.3, -0.25) is 9.59 Å². The van der Waals surface area contributed by atoms with Crippen molar-refractivity contribution in [1.29, 1.82) is 0 Å². The number of ether oxygens (including phenoxy) is 1. The van der Waals surface area contributed by atoms with Crippen molar-refractivity contribution >= 4 is 11.8 Å². The lowest BCUT2D eigenvalue weighted by Gasteiger charge is -2.31. The highest BCUT2D eigenvalue weighted by Crippen LogP contribution is 2.17. The highest BCUT2D eigenvalue weighted by molar-refractivity contribution is 5.88. The lowest BCUT2D eigenvalue weighted by Crippen LogP contribution is -2.51. The molecule has 0 bridgehead atoms. The second-order valence-electron chi connectivity index (χ2n) is 8.64. The zero-order valence-electron chi connectivity index (χ0n) is 20.8. The number of carbonyl (C=O) groups excluding carboxylic acids is 2. The van der Waals surface area contributed by atoms with Gasteiger partial charge in [0.25, 0.3) is 5.91 Å². The van der Waals surface area contributed by atoms with Gasteiger partial charge in [0.1, 0.15) is 11.8 Å². The first-order chi connectivity index (χ1) is 17.1. The highest BCUT2D eigenvalue weighted by atomic mass is 16.5. The number of nitrogens with one attached hydrogen (secondary N) is 1. The third kappa shape index (κ3) is 8.29. The molecule has 184 valence electrons. The van der Waals surface area contributed by atoms with Crippen molar-refractivity contribution in [3.8, 4) is 5.75 Å². The molecule has 0 spiro atoms. The summed E-state index contributed by atoms with van der Waals surface area (Å²) >= 11 is 0. The monoisotopic (exact) mass is 472 g/mol. The zero-order valence-corrected chi connectivity index (χ0v) is 20.8. The largest absolute Gasteiger partial charge is 0.484 e. The molecule has 0 aliphatic rings. The Labute approximate surface area is 209 Å². The van der Waals surface area contributed by atoms with Gasteiger partial charge in [0.15, 0.2) is 6.61 Å². The average molecular weight is 473 g/mol. The second kappa shape index (κ2) is 14.0. The van der Waals surface area contributed by atoms with Crippen LogP contribution in [0.1, 0.15) is 43.4 Å². The summed E-state index contributed by atoms with van der Waals surface area (Å²) in [5.74, 6) is 0.279. The lowest BCUT2D eigenvalue weighted by atomic mass is 10.0. The lowest BCUT2D eigenvalue weighted by molar-refractivity contribution is -0.142. The van der Waals surface area contributed by atoms with Gasteiger partial charge in [-0.05, 0) is 41.7 Å². The Balaban J connectivity index is 1.83. The van der Waals surface area contributed by atoms with Crippen molar-refractivity contribution in [3.05, 3.63) is 102 Å². The molecule has 5 nitrogen and oxygen atoms in total. The maximum atomic E-state index is 13.5. The van der Waals surface area contributed by atoms with Crippen LogP contribution in [0.5, 0.6) is 5.75 Å². The molecule has 3 aromatic rings. The smallest absolute Gasteiger partial charge is 0.261 e. The second-order valence-corrected chi connectivity index (χ2v) is 8.64. The molecule has 0 aliphatic heterocycles. The first kappa shape index (κ1) is 26.0. The Bertz CT molecular complexity index is 1040. The number of aryl methyl sites for hydroxylation is 1. The minimum absolute atomic E-state index is 0.133. The summed E-state index contributed by atoms with van der Waals surface area (Å²) in [6.45, 7) is 4.97. The fraction of sp³-hybridized carbons (Fsp3) is 0.333. The molecule has 0 aromatic heterocycles. The molecule has 0 heterocycles. The standard InChI is InChI=1S/C30H36N2O3/c1-3-5-20-31-30(34)28(21-25-12-8-6-9-13-25)32(22-26-14-10-7-11-15-26)29(33)23-35-27-18-16-24(4-2)17-19-27/h6-19,28H,3-5,20-23H2,1-2H3,(H,31,34)/t28-/m1/s1. The van der Waals surface area contributed by atoms with E-state index in [-0.39, 0.29) is 18.4 Å². The van der Waals surface area contributed by atoms with Crippen LogP contribution >= 0.6 is 0 Å². The number of hydrogen-bond donors (Lipinski definition) is 1. The summed E-state index contributed by atoms with van der Waals surface area (Å²) < 4.78 is 5.84. The van der Waals surface area contributed by atoms with E-state index in [9.17, 15) is 9.59 Å². The summed E-state index contributed by atoms with van der Waals surface area (Å²) in [4.78, 5) is 28.5. The molecule has 0 saturated carbocycles. The van der Waals surface area contributed by atoms with Crippen LogP contribution in [0, 0.1) is 0 Å². The summed E-state index contributed by atoms with van der Waals surface area (Å²) in [5, 5.41) is 3.04. The first-order valence-corrected chi connectivity index (χ1v) is 12.5. The third-order valence-electron chi connectivity index (χ3n) is 5.99. The minimum atomic E-state index is -0.645. The molecule has 5 heteroatoms. The van der Waals surface area contributed by atoms with Gasteiger partial charge < -0.3 is 15.0 Å². The van der Waals surface area contributed by atoms with Gasteiger partial charge in [-0.15, -0.1) is 0 Å². The fourth-order valence-corrected chi connectivity index (χ4v) is 3.89. The van der Waals surface area contributed by atoms with Crippen molar-refractivity contribution in [3.63, 3.8) is 0 Å². The third-order valence-corrected chi connectivity index (χ3v) is 5.99. The Hall–Kier alpha value is -3.60. The number of rotatable bonds is 13. The molecule has 35 heavy (non-hydrogen) atoms. The molecular weight excluding hydrogens is 436 g/mol. The van der Waals surface area contributed by atoms with E-state index in [0.717, 1.165) is 30.4 Å². The average Bonchev–Trinajstić information content (AvgIpc) is 2.90. The molecule has 1 N–H and O–H groups in total. The predicted molar refractivity (Wildman–Crippen MR) is 140 cm³/mol. The van der Waals surface area contributed by atoms with Crippen molar-refractivity contribution in [2.75, 3.05) is 13.2 Å². The van der Waals surface area contributed by atoms with Crippen LogP contribution in [0.4, 0.5) is 0 Å². The van der Waals surface area contributed by atoms with Crippen LogP contribution in [0.3, 0.4) is 0 Å². The van der Waals surface area contributed by atoms with Crippen molar-refractivity contribution in [2.24, 2.45) is 0 Å². The summed E-state index contributed by atoms with van der Waals surface area (Å²) in [6.07, 6.45) is 3.26. The summed E-state index contributed by atoms with van der Waals surface area (Å²) in [7, 11) is 0. The van der Waals surface area contributed by atoms with E-state index in [1.165, 1.54) is 5.56 Å². The topological polar surface area (TPSA) is 58.6 Å². The van der Waals surface area contributed by atoms with Crippen LogP contribution in [0.2, 0.25) is 0 Å². The SMILES string of the molecule is CCCCNC(=O)[C@@H](Cc1ccccc1)N(Cc1ccccc1)C(=O)COc1ccc(CC)cc1. The number of unbranched alkanes of at least 4 members (excludes halogenated alkanes) is 1. The molecule has 0 aliphatic carbocycles. The molecule has 0 saturated heterocycles. The number of benzene rings is 3. The van der Waals surface area contributed by atoms with Gasteiger partial charge in [-0.2, -0.15) is 0 Å². The maximum Gasteiger partial charge on any atom is 0.261 e. The van der Waals surface area contributed by atoms with Gasteiger partial charge in [0.2, 0.25) is 5.91 Å². The van der Waals surface area contributed by atoms with E-state index in [0.29, 0.717) is 25.3 Å². The van der Waals surface area contributed by atoms with Gasteiger partial charge in [0.05, 0.1) is 0 Å². The normalized spacial score (nSPS) is 11.5. The Morgan fingerprint density at radius 1 is 0.829 bits per heavy atom. The van der Waals surface area contributed by atoms with Gasteiger partial charge in [-0.25, -0.2) is 0 Å². The van der Waals surface area contributed by atoms with E-state index in [4.69, 9.17) is 4.74 Å². The van der Waals surface area contributed by atoms with Crippen LogP contribution < -0.4 is 10.1 Å². The van der Waals surface area contributed by atoms with Gasteiger partial charge in [-0.1, -0.05) is 93.1 Å². The van der Waals surface area contributed by atoms with E-state index >= 15 is 0 Å². The van der Waals surface area contributed by atoms with Crippen LogP contribution in [-0.4, -0.2) is 35.9 Å². The van der Waals surface area contributed by atoms with E-state index < -0.39 is 6.04 Å². The predicted octanol–water partition coefficient (Wildman–Crippen LogP) is 5.18. The first-order valence-electron chi connectivity index (χ1n) is 12.5. The number of nitrogens with zero attached hydrogens (tertiary/aromatic N) is 1. The molecule has 0 unspecified atom stereocenters. The Morgan fingerprint density at radius 3 is 2.06 bits per heavy atom. The van der Waals surface area contributed by atoms with Gasteiger partial charge in [0, 0.05) is 19.5 Å². The zero-order chi connectivity index (χ0) is 24.9. The molecule has 3 aromatic carbocycles. The molecule has 2 amide bonds. The van der Waals surface area contributed by atoms with Crippen LogP contribution in [0.15, 0.2) is 84.9 Å². The molecule has 1 atom stereocenters. The Kier molecular flexibility index (Phi) is 10.4. The fourth-order valence-electron chi connectivity index (χ4n) is 3.89. The number of carbonyl (C=O) groups is 2. The quantitative estimate of drug-likeness (QED) is 0.349. The highest BCUT2D eigenvalue weighted by Gasteiger charge is 2.30. The van der Waals surface area contributed by atoms with Crippen molar-refractivity contribution < 1.29 is 14.3 Å².